The maximum absolute atomic E-state index is 11.5. The van der Waals surface area contributed by atoms with E-state index in [2.05, 4.69) is 10.6 Å². The topological polar surface area (TPSA) is 75.3 Å². The third kappa shape index (κ3) is 5.41. The Morgan fingerprint density at radius 1 is 0.960 bits per heavy atom. The molecule has 0 saturated heterocycles. The van der Waals surface area contributed by atoms with Crippen molar-refractivity contribution in [3.8, 4) is 0 Å². The number of sulfone groups is 1. The predicted octanol–water partition coefficient (Wildman–Crippen LogP) is 3.46. The molecule has 1 amide bonds. The normalized spacial score (nSPS) is 13.9. The summed E-state index contributed by atoms with van der Waals surface area (Å²) in [5.74, 6) is -0.0999. The lowest BCUT2D eigenvalue weighted by molar-refractivity contribution is -0.114. The number of benzene rings is 2. The molecule has 2 rings (SSSR count). The number of nitrogens with one attached hydrogen (secondary N) is 2. The number of carbonyl (C=O) groups excluding carboxylic acids is 1. The molecule has 134 valence electrons. The highest BCUT2D eigenvalue weighted by Gasteiger charge is 2.13. The summed E-state index contributed by atoms with van der Waals surface area (Å²) in [4.78, 5) is 11.5. The lowest BCUT2D eigenvalue weighted by Gasteiger charge is -2.21. The van der Waals surface area contributed by atoms with Gasteiger partial charge in [0.1, 0.15) is 0 Å². The highest BCUT2D eigenvalue weighted by molar-refractivity contribution is 7.90. The number of rotatable bonds is 6. The number of anilines is 1. The maximum atomic E-state index is 11.5. The average Bonchev–Trinajstić information content (AvgIpc) is 2.53. The number of carbonyl (C=O) groups is 1. The van der Waals surface area contributed by atoms with Crippen molar-refractivity contribution in [1.29, 1.82) is 0 Å². The molecule has 25 heavy (non-hydrogen) atoms. The Hall–Kier alpha value is -2.18. The standard InChI is InChI=1S/C19H24N2O3S/c1-13(16-8-10-19(11-9-16)25(4,23)24)20-14(2)17-6-5-7-18(12-17)21-15(3)22/h5-14,20H,1-4H3,(H,21,22). The van der Waals surface area contributed by atoms with Gasteiger partial charge in [0.05, 0.1) is 4.90 Å². The lowest BCUT2D eigenvalue weighted by atomic mass is 10.0. The van der Waals surface area contributed by atoms with E-state index in [9.17, 15) is 13.2 Å². The van der Waals surface area contributed by atoms with Crippen LogP contribution in [-0.4, -0.2) is 20.6 Å². The third-order valence-electron chi connectivity index (χ3n) is 4.02. The van der Waals surface area contributed by atoms with Gasteiger partial charge in [-0.15, -0.1) is 0 Å². The van der Waals surface area contributed by atoms with Crippen molar-refractivity contribution in [2.75, 3.05) is 11.6 Å². The molecule has 2 N–H and O–H groups in total. The van der Waals surface area contributed by atoms with Crippen LogP contribution in [0.2, 0.25) is 0 Å². The van der Waals surface area contributed by atoms with E-state index in [4.69, 9.17) is 0 Å². The summed E-state index contributed by atoms with van der Waals surface area (Å²) < 4.78 is 23.1. The highest BCUT2D eigenvalue weighted by Crippen LogP contribution is 2.22. The van der Waals surface area contributed by atoms with Crippen LogP contribution in [0.15, 0.2) is 53.4 Å². The molecule has 0 aliphatic rings. The zero-order valence-corrected chi connectivity index (χ0v) is 15.7. The molecule has 0 aromatic heterocycles. The van der Waals surface area contributed by atoms with Crippen molar-refractivity contribution in [3.63, 3.8) is 0 Å². The first-order chi connectivity index (χ1) is 11.7. The van der Waals surface area contributed by atoms with Crippen molar-refractivity contribution >= 4 is 21.4 Å². The van der Waals surface area contributed by atoms with E-state index in [-0.39, 0.29) is 18.0 Å². The molecule has 0 spiro atoms. The van der Waals surface area contributed by atoms with Crippen LogP contribution >= 0.6 is 0 Å². The Balaban J connectivity index is 2.09. The van der Waals surface area contributed by atoms with Crippen LogP contribution in [0.1, 0.15) is 44.0 Å². The van der Waals surface area contributed by atoms with Gasteiger partial charge in [0, 0.05) is 31.0 Å². The molecule has 2 aromatic carbocycles. The minimum atomic E-state index is -3.18. The summed E-state index contributed by atoms with van der Waals surface area (Å²) in [7, 11) is -3.18. The van der Waals surface area contributed by atoms with Gasteiger partial charge in [-0.05, 0) is 49.2 Å². The fourth-order valence-electron chi connectivity index (χ4n) is 2.66. The molecule has 2 unspecified atom stereocenters. The minimum Gasteiger partial charge on any atom is -0.326 e. The molecule has 0 saturated carbocycles. The van der Waals surface area contributed by atoms with Crippen molar-refractivity contribution in [2.24, 2.45) is 0 Å². The Bertz CT molecular complexity index is 845. The Labute approximate surface area is 149 Å². The van der Waals surface area contributed by atoms with Gasteiger partial charge < -0.3 is 10.6 Å². The van der Waals surface area contributed by atoms with Gasteiger partial charge in [0.25, 0.3) is 0 Å². The monoisotopic (exact) mass is 360 g/mol. The largest absolute Gasteiger partial charge is 0.326 e. The number of hydrogen-bond acceptors (Lipinski definition) is 4. The second kappa shape index (κ2) is 7.80. The zero-order chi connectivity index (χ0) is 18.6. The van der Waals surface area contributed by atoms with Gasteiger partial charge in [-0.3, -0.25) is 4.79 Å². The molecular formula is C19H24N2O3S. The highest BCUT2D eigenvalue weighted by atomic mass is 32.2. The second-order valence-electron chi connectivity index (χ2n) is 6.26. The van der Waals surface area contributed by atoms with E-state index in [1.165, 1.54) is 13.2 Å². The van der Waals surface area contributed by atoms with Crippen LogP contribution in [0, 0.1) is 0 Å². The van der Waals surface area contributed by atoms with Gasteiger partial charge in [0.2, 0.25) is 5.91 Å². The van der Waals surface area contributed by atoms with E-state index in [0.29, 0.717) is 4.90 Å². The average molecular weight is 360 g/mol. The van der Waals surface area contributed by atoms with Crippen molar-refractivity contribution < 1.29 is 13.2 Å². The molecule has 5 nitrogen and oxygen atoms in total. The van der Waals surface area contributed by atoms with Gasteiger partial charge in [-0.25, -0.2) is 8.42 Å². The van der Waals surface area contributed by atoms with Gasteiger partial charge in [0.15, 0.2) is 9.84 Å². The quantitative estimate of drug-likeness (QED) is 0.827. The van der Waals surface area contributed by atoms with Crippen molar-refractivity contribution in [1.82, 2.24) is 5.32 Å². The smallest absolute Gasteiger partial charge is 0.221 e. The van der Waals surface area contributed by atoms with E-state index >= 15 is 0 Å². The Morgan fingerprint density at radius 3 is 2.12 bits per heavy atom. The summed E-state index contributed by atoms with van der Waals surface area (Å²) in [6, 6.07) is 14.7. The van der Waals surface area contributed by atoms with E-state index < -0.39 is 9.84 Å². The van der Waals surface area contributed by atoms with Gasteiger partial charge in [-0.2, -0.15) is 0 Å². The van der Waals surface area contributed by atoms with Crippen molar-refractivity contribution in [2.45, 2.75) is 37.8 Å². The molecule has 6 heteroatoms. The lowest BCUT2D eigenvalue weighted by Crippen LogP contribution is -2.22. The van der Waals surface area contributed by atoms with E-state index in [0.717, 1.165) is 16.8 Å². The summed E-state index contributed by atoms with van der Waals surface area (Å²) in [6.07, 6.45) is 1.20. The molecular weight excluding hydrogens is 336 g/mol. The molecule has 0 aliphatic heterocycles. The molecule has 0 bridgehead atoms. The number of hydrogen-bond donors (Lipinski definition) is 2. The summed E-state index contributed by atoms with van der Waals surface area (Å²) in [5.41, 5.74) is 2.84. The molecule has 0 aliphatic carbocycles. The zero-order valence-electron chi connectivity index (χ0n) is 14.9. The SMILES string of the molecule is CC(=O)Nc1cccc(C(C)NC(C)c2ccc(S(C)(=O)=O)cc2)c1. The van der Waals surface area contributed by atoms with E-state index in [1.807, 2.05) is 50.2 Å². The number of amides is 1. The van der Waals surface area contributed by atoms with E-state index in [1.54, 1.807) is 12.1 Å². The minimum absolute atomic E-state index is 0.0491. The maximum Gasteiger partial charge on any atom is 0.221 e. The van der Waals surface area contributed by atoms with Gasteiger partial charge in [-0.1, -0.05) is 24.3 Å². The first-order valence-electron chi connectivity index (χ1n) is 8.10. The van der Waals surface area contributed by atoms with Crippen LogP contribution in [0.25, 0.3) is 0 Å². The van der Waals surface area contributed by atoms with Crippen LogP contribution in [-0.2, 0) is 14.6 Å². The summed E-state index contributed by atoms with van der Waals surface area (Å²) >= 11 is 0. The van der Waals surface area contributed by atoms with Crippen LogP contribution < -0.4 is 10.6 Å². The fourth-order valence-corrected chi connectivity index (χ4v) is 3.29. The first-order valence-corrected chi connectivity index (χ1v) is 9.99. The summed E-state index contributed by atoms with van der Waals surface area (Å²) in [6.45, 7) is 5.56. The van der Waals surface area contributed by atoms with Crippen LogP contribution in [0.3, 0.4) is 0 Å². The third-order valence-corrected chi connectivity index (χ3v) is 5.14. The molecule has 0 radical (unpaired) electrons. The van der Waals surface area contributed by atoms with Gasteiger partial charge >= 0.3 is 0 Å². The molecule has 2 atom stereocenters. The molecule has 2 aromatic rings. The van der Waals surface area contributed by atoms with Crippen molar-refractivity contribution in [3.05, 3.63) is 59.7 Å². The van der Waals surface area contributed by atoms with Crippen LogP contribution in [0.5, 0.6) is 0 Å². The summed E-state index contributed by atoms with van der Waals surface area (Å²) in [5, 5.41) is 6.27. The Kier molecular flexibility index (Phi) is 5.98. The Morgan fingerprint density at radius 2 is 1.56 bits per heavy atom. The first kappa shape index (κ1) is 19.1. The molecule has 0 heterocycles. The molecule has 0 fully saturated rings. The second-order valence-corrected chi connectivity index (χ2v) is 8.27. The fraction of sp³-hybridized carbons (Fsp3) is 0.316. The predicted molar refractivity (Wildman–Crippen MR) is 100 cm³/mol. The van der Waals surface area contributed by atoms with Crippen LogP contribution in [0.4, 0.5) is 5.69 Å².